The van der Waals surface area contributed by atoms with Crippen LogP contribution in [0.5, 0.6) is 0 Å². The van der Waals surface area contributed by atoms with E-state index in [1.165, 1.54) is 18.6 Å². The van der Waals surface area contributed by atoms with E-state index >= 15 is 0 Å². The number of carbonyl (C=O) groups excluding carboxylic acids is 1. The maximum atomic E-state index is 13.8. The molecule has 2 saturated carbocycles. The van der Waals surface area contributed by atoms with Gasteiger partial charge in [-0.15, -0.1) is 0 Å². The molecule has 5 heteroatoms. The van der Waals surface area contributed by atoms with Crippen molar-refractivity contribution >= 4 is 5.91 Å². The lowest BCUT2D eigenvalue weighted by Crippen LogP contribution is -2.34. The van der Waals surface area contributed by atoms with Crippen LogP contribution in [0.15, 0.2) is 42.7 Å². The van der Waals surface area contributed by atoms with Crippen LogP contribution in [0.25, 0.3) is 0 Å². The molecule has 0 aliphatic heterocycles. The Morgan fingerprint density at radius 2 is 1.92 bits per heavy atom. The minimum absolute atomic E-state index is 0.0863. The van der Waals surface area contributed by atoms with Crippen LogP contribution in [0.3, 0.4) is 0 Å². The molecule has 4 rings (SSSR count). The van der Waals surface area contributed by atoms with E-state index in [1.54, 1.807) is 30.4 Å². The van der Waals surface area contributed by atoms with Crippen LogP contribution >= 0.6 is 0 Å². The largest absolute Gasteiger partial charge is 0.334 e. The third-order valence-electron chi connectivity index (χ3n) is 5.69. The smallest absolute Gasteiger partial charge is 0.226 e. The summed E-state index contributed by atoms with van der Waals surface area (Å²) in [5.41, 5.74) is 1.34. The molecule has 3 nitrogen and oxygen atoms in total. The number of carbonyl (C=O) groups is 1. The number of hydrogen-bond donors (Lipinski definition) is 0. The quantitative estimate of drug-likeness (QED) is 0.843. The van der Waals surface area contributed by atoms with Gasteiger partial charge in [-0.05, 0) is 54.0 Å². The van der Waals surface area contributed by atoms with Crippen LogP contribution in [0.2, 0.25) is 0 Å². The van der Waals surface area contributed by atoms with E-state index in [0.29, 0.717) is 17.4 Å². The summed E-state index contributed by atoms with van der Waals surface area (Å²) in [6.45, 7) is 0. The summed E-state index contributed by atoms with van der Waals surface area (Å²) in [5.74, 6) is -0.602. The van der Waals surface area contributed by atoms with Gasteiger partial charge in [0, 0.05) is 25.4 Å². The van der Waals surface area contributed by atoms with E-state index in [-0.39, 0.29) is 11.8 Å². The first kappa shape index (κ1) is 16.2. The third kappa shape index (κ3) is 2.81. The molecule has 2 aliphatic rings. The Balaban J connectivity index is 1.67. The van der Waals surface area contributed by atoms with E-state index in [2.05, 4.69) is 4.98 Å². The molecular formula is C20H20F2N2O. The van der Waals surface area contributed by atoms with Gasteiger partial charge in [0.05, 0.1) is 6.04 Å². The molecule has 1 heterocycles. The van der Waals surface area contributed by atoms with E-state index < -0.39 is 17.7 Å². The van der Waals surface area contributed by atoms with Crippen LogP contribution < -0.4 is 0 Å². The van der Waals surface area contributed by atoms with E-state index in [0.717, 1.165) is 24.5 Å². The van der Waals surface area contributed by atoms with E-state index in [9.17, 15) is 13.6 Å². The maximum Gasteiger partial charge on any atom is 0.226 e. The molecule has 2 aromatic rings. The molecule has 1 aromatic heterocycles. The van der Waals surface area contributed by atoms with Crippen molar-refractivity contribution in [3.8, 4) is 0 Å². The number of pyridine rings is 1. The molecule has 0 N–H and O–H groups in total. The number of hydrogen-bond acceptors (Lipinski definition) is 2. The van der Waals surface area contributed by atoms with E-state index in [4.69, 9.17) is 0 Å². The summed E-state index contributed by atoms with van der Waals surface area (Å²) in [4.78, 5) is 18.8. The second kappa shape index (κ2) is 6.21. The molecule has 0 spiro atoms. The zero-order valence-electron chi connectivity index (χ0n) is 14.0. The molecule has 1 aromatic carbocycles. The molecule has 2 aliphatic carbocycles. The zero-order valence-corrected chi connectivity index (χ0v) is 14.0. The Morgan fingerprint density at radius 1 is 1.16 bits per heavy atom. The minimum Gasteiger partial charge on any atom is -0.334 e. The minimum atomic E-state index is -0.907. The Labute approximate surface area is 145 Å². The Hall–Kier alpha value is -2.30. The van der Waals surface area contributed by atoms with Gasteiger partial charge in [-0.1, -0.05) is 18.6 Å². The van der Waals surface area contributed by atoms with Gasteiger partial charge in [0.15, 0.2) is 11.6 Å². The highest BCUT2D eigenvalue weighted by molar-refractivity contribution is 5.83. The lowest BCUT2D eigenvalue weighted by Gasteiger charge is -2.29. The highest BCUT2D eigenvalue weighted by Gasteiger charge is 2.57. The van der Waals surface area contributed by atoms with Crippen LogP contribution in [0, 0.1) is 29.4 Å². The molecule has 1 amide bonds. The first-order chi connectivity index (χ1) is 12.1. The zero-order chi connectivity index (χ0) is 17.6. The average Bonchev–Trinajstić information content (AvgIpc) is 3.09. The third-order valence-corrected chi connectivity index (χ3v) is 5.69. The SMILES string of the molecule is CN(C(=O)C1[C@H]2CCC[C@@H]12)[C@@H](c1cccnc1)c1ccc(F)c(F)c1. The highest BCUT2D eigenvalue weighted by atomic mass is 19.2. The topological polar surface area (TPSA) is 33.2 Å². The fourth-order valence-corrected chi connectivity index (χ4v) is 4.41. The van der Waals surface area contributed by atoms with Crippen LogP contribution in [-0.2, 0) is 4.79 Å². The Bertz CT molecular complexity index is 786. The molecular weight excluding hydrogens is 322 g/mol. The van der Waals surface area contributed by atoms with Crippen molar-refractivity contribution in [2.75, 3.05) is 7.05 Å². The van der Waals surface area contributed by atoms with Gasteiger partial charge >= 0.3 is 0 Å². The van der Waals surface area contributed by atoms with Gasteiger partial charge in [-0.2, -0.15) is 0 Å². The summed E-state index contributed by atoms with van der Waals surface area (Å²) >= 11 is 0. The van der Waals surface area contributed by atoms with Crippen molar-refractivity contribution in [2.45, 2.75) is 25.3 Å². The van der Waals surface area contributed by atoms with Gasteiger partial charge in [-0.25, -0.2) is 8.78 Å². The van der Waals surface area contributed by atoms with Gasteiger partial charge in [0.25, 0.3) is 0 Å². The van der Waals surface area contributed by atoms with Crippen molar-refractivity contribution in [3.05, 3.63) is 65.5 Å². The summed E-state index contributed by atoms with van der Waals surface area (Å²) in [7, 11) is 1.75. The number of fused-ring (bicyclic) bond motifs is 1. The number of halogens is 2. The molecule has 0 saturated heterocycles. The molecule has 2 fully saturated rings. The predicted octanol–water partition coefficient (Wildman–Crippen LogP) is 3.95. The standard InChI is InChI=1S/C20H20F2N2O/c1-24(20(25)18-14-5-2-6-15(14)18)19(13-4-3-9-23-11-13)12-7-8-16(21)17(22)10-12/h3-4,7-11,14-15,18-19H,2,5-6H2,1H3/t14-,15+,18?,19-/m1/s1. The normalized spacial score (nSPS) is 25.3. The molecule has 130 valence electrons. The van der Waals surface area contributed by atoms with Crippen molar-refractivity contribution in [3.63, 3.8) is 0 Å². The van der Waals surface area contributed by atoms with Gasteiger partial charge < -0.3 is 4.90 Å². The first-order valence-electron chi connectivity index (χ1n) is 8.69. The van der Waals surface area contributed by atoms with Crippen molar-refractivity contribution in [2.24, 2.45) is 17.8 Å². The van der Waals surface area contributed by atoms with E-state index in [1.807, 2.05) is 6.07 Å². The van der Waals surface area contributed by atoms with Gasteiger partial charge in [-0.3, -0.25) is 9.78 Å². The fourth-order valence-electron chi connectivity index (χ4n) is 4.41. The fraction of sp³-hybridized carbons (Fsp3) is 0.400. The van der Waals surface area contributed by atoms with Crippen molar-refractivity contribution in [1.29, 1.82) is 0 Å². The number of amides is 1. The molecule has 0 bridgehead atoms. The highest BCUT2D eigenvalue weighted by Crippen LogP contribution is 2.58. The van der Waals surface area contributed by atoms with Crippen LogP contribution in [-0.4, -0.2) is 22.8 Å². The predicted molar refractivity (Wildman–Crippen MR) is 89.5 cm³/mol. The van der Waals surface area contributed by atoms with Crippen LogP contribution in [0.4, 0.5) is 8.78 Å². The lowest BCUT2D eigenvalue weighted by atomic mass is 9.97. The molecule has 0 radical (unpaired) electrons. The number of rotatable bonds is 4. The van der Waals surface area contributed by atoms with Gasteiger partial charge in [0.2, 0.25) is 5.91 Å². The molecule has 4 atom stereocenters. The average molecular weight is 342 g/mol. The maximum absolute atomic E-state index is 13.8. The first-order valence-corrected chi connectivity index (χ1v) is 8.69. The second-order valence-corrected chi connectivity index (χ2v) is 7.10. The Morgan fingerprint density at radius 3 is 2.56 bits per heavy atom. The van der Waals surface area contributed by atoms with Crippen molar-refractivity contribution in [1.82, 2.24) is 9.88 Å². The summed E-state index contributed by atoms with van der Waals surface area (Å²) in [5, 5.41) is 0. The second-order valence-electron chi connectivity index (χ2n) is 7.10. The van der Waals surface area contributed by atoms with Crippen LogP contribution in [0.1, 0.15) is 36.4 Å². The molecule has 1 unspecified atom stereocenters. The molecule has 25 heavy (non-hydrogen) atoms. The van der Waals surface area contributed by atoms with Gasteiger partial charge in [0.1, 0.15) is 0 Å². The summed E-state index contributed by atoms with van der Waals surface area (Å²) in [6.07, 6.45) is 6.77. The monoisotopic (exact) mass is 342 g/mol. The number of nitrogens with zero attached hydrogens (tertiary/aromatic N) is 2. The summed E-state index contributed by atoms with van der Waals surface area (Å²) < 4.78 is 27.1. The van der Waals surface area contributed by atoms with Crippen molar-refractivity contribution < 1.29 is 13.6 Å². The Kier molecular flexibility index (Phi) is 4.02. The summed E-state index contributed by atoms with van der Waals surface area (Å²) in [6, 6.07) is 6.98. The lowest BCUT2D eigenvalue weighted by molar-refractivity contribution is -0.133. The number of benzene rings is 1. The number of aromatic nitrogens is 1.